The Balaban J connectivity index is 1.39. The number of hydrogen-bond acceptors (Lipinski definition) is 5. The maximum Gasteiger partial charge on any atom is 0.257 e. The van der Waals surface area contributed by atoms with Gasteiger partial charge < -0.3 is 19.4 Å². The second kappa shape index (κ2) is 7.96. The molecule has 1 aromatic rings. The molecule has 1 atom stereocenters. The average Bonchev–Trinajstić information content (AvgIpc) is 3.50. The number of ether oxygens (including phenoxy) is 1. The molecule has 0 aromatic carbocycles. The Kier molecular flexibility index (Phi) is 5.31. The molecule has 1 aromatic heterocycles. The summed E-state index contributed by atoms with van der Waals surface area (Å²) in [4.78, 5) is 45.2. The minimum atomic E-state index is -0.0618. The van der Waals surface area contributed by atoms with Crippen LogP contribution in [0.25, 0.3) is 0 Å². The van der Waals surface area contributed by atoms with E-state index in [1.54, 1.807) is 23.3 Å². The van der Waals surface area contributed by atoms with Crippen molar-refractivity contribution in [3.8, 4) is 0 Å². The van der Waals surface area contributed by atoms with Gasteiger partial charge in [-0.25, -0.2) is 0 Å². The molecule has 0 spiro atoms. The molecule has 8 heteroatoms. The van der Waals surface area contributed by atoms with E-state index >= 15 is 0 Å². The molecule has 1 unspecified atom stereocenters. The van der Waals surface area contributed by atoms with Gasteiger partial charge in [-0.2, -0.15) is 0 Å². The van der Waals surface area contributed by atoms with E-state index in [-0.39, 0.29) is 24.3 Å². The summed E-state index contributed by atoms with van der Waals surface area (Å²) in [6, 6.07) is 0. The normalized spacial score (nSPS) is 24.6. The first-order chi connectivity index (χ1) is 14.5. The summed E-state index contributed by atoms with van der Waals surface area (Å²) in [7, 11) is 1.71. The highest BCUT2D eigenvalue weighted by molar-refractivity contribution is 7.17. The highest BCUT2D eigenvalue weighted by Gasteiger charge is 2.39. The number of anilines is 1. The number of hydrogen-bond donors (Lipinski definition) is 0. The zero-order chi connectivity index (χ0) is 20.8. The summed E-state index contributed by atoms with van der Waals surface area (Å²) in [5.74, 6) is 0.979. The van der Waals surface area contributed by atoms with Crippen LogP contribution in [-0.4, -0.2) is 67.4 Å². The second-order valence-corrected chi connectivity index (χ2v) is 10.2. The summed E-state index contributed by atoms with van der Waals surface area (Å²) in [5.41, 5.74) is 1.75. The Morgan fingerprint density at radius 3 is 2.73 bits per heavy atom. The zero-order valence-corrected chi connectivity index (χ0v) is 18.3. The van der Waals surface area contributed by atoms with Gasteiger partial charge in [0.2, 0.25) is 11.8 Å². The number of rotatable bonds is 4. The first-order valence-electron chi connectivity index (χ1n) is 11.1. The van der Waals surface area contributed by atoms with Crippen LogP contribution >= 0.6 is 11.3 Å². The van der Waals surface area contributed by atoms with Gasteiger partial charge in [-0.3, -0.25) is 14.4 Å². The van der Waals surface area contributed by atoms with Gasteiger partial charge in [0.1, 0.15) is 11.5 Å². The van der Waals surface area contributed by atoms with Crippen LogP contribution < -0.4 is 4.90 Å². The molecule has 7 nitrogen and oxygen atoms in total. The lowest BCUT2D eigenvalue weighted by molar-refractivity contribution is -0.134. The number of carbonyl (C=O) groups is 3. The van der Waals surface area contributed by atoms with E-state index in [9.17, 15) is 14.4 Å². The molecule has 5 rings (SSSR count). The van der Waals surface area contributed by atoms with Crippen LogP contribution in [0.15, 0.2) is 0 Å². The summed E-state index contributed by atoms with van der Waals surface area (Å²) >= 11 is 1.54. The fourth-order valence-electron chi connectivity index (χ4n) is 4.76. The predicted molar refractivity (Wildman–Crippen MR) is 114 cm³/mol. The maximum absolute atomic E-state index is 13.1. The number of amides is 3. The standard InChI is InChI=1S/C22H29N3O4S/c1-23-12-19(27)25(10-14-4-5-14)22-20(21(23)28)16-6-7-24(11-17(16)30-22)18(26)9-15-3-2-8-29-13-15/h14-15H,2-13H2,1H3. The van der Waals surface area contributed by atoms with E-state index < -0.39 is 0 Å². The molecular weight excluding hydrogens is 402 g/mol. The minimum Gasteiger partial charge on any atom is -0.381 e. The Morgan fingerprint density at radius 2 is 2.00 bits per heavy atom. The van der Waals surface area contributed by atoms with E-state index in [1.165, 1.54) is 0 Å². The Morgan fingerprint density at radius 1 is 1.17 bits per heavy atom. The lowest BCUT2D eigenvalue weighted by atomic mass is 9.96. The van der Waals surface area contributed by atoms with Crippen LogP contribution in [0.4, 0.5) is 5.00 Å². The van der Waals surface area contributed by atoms with Crippen LogP contribution in [-0.2, 0) is 27.3 Å². The SMILES string of the molecule is CN1CC(=O)N(CC2CC2)c2sc3c(c2C1=O)CCN(C(=O)CC1CCCOC1)C3. The highest BCUT2D eigenvalue weighted by atomic mass is 32.1. The molecule has 1 saturated heterocycles. The summed E-state index contributed by atoms with van der Waals surface area (Å²) in [5, 5.41) is 0.807. The molecule has 4 aliphatic rings. The average molecular weight is 432 g/mol. The molecule has 0 bridgehead atoms. The molecular formula is C22H29N3O4S. The number of likely N-dealkylation sites (N-methyl/N-ethyl adjacent to an activating group) is 1. The van der Waals surface area contributed by atoms with Gasteiger partial charge in [0, 0.05) is 44.6 Å². The van der Waals surface area contributed by atoms with E-state index in [2.05, 4.69) is 0 Å². The van der Waals surface area contributed by atoms with Gasteiger partial charge in [-0.15, -0.1) is 11.3 Å². The number of fused-ring (bicyclic) bond motifs is 3. The van der Waals surface area contributed by atoms with Crippen molar-refractivity contribution in [1.29, 1.82) is 0 Å². The molecule has 2 fully saturated rings. The molecule has 30 heavy (non-hydrogen) atoms. The molecule has 162 valence electrons. The third-order valence-corrected chi connectivity index (χ3v) is 7.97. The Hall–Kier alpha value is -1.93. The van der Waals surface area contributed by atoms with E-state index in [0.29, 0.717) is 56.5 Å². The lowest BCUT2D eigenvalue weighted by Gasteiger charge is -2.30. The quantitative estimate of drug-likeness (QED) is 0.733. The molecule has 1 aliphatic carbocycles. The second-order valence-electron chi connectivity index (χ2n) is 9.15. The highest BCUT2D eigenvalue weighted by Crippen LogP contribution is 2.43. The molecule has 0 radical (unpaired) electrons. The monoisotopic (exact) mass is 431 g/mol. The number of nitrogens with zero attached hydrogens (tertiary/aromatic N) is 3. The van der Waals surface area contributed by atoms with Crippen molar-refractivity contribution >= 4 is 34.1 Å². The molecule has 1 saturated carbocycles. The van der Waals surface area contributed by atoms with Crippen LogP contribution in [0, 0.1) is 11.8 Å². The van der Waals surface area contributed by atoms with Crippen LogP contribution in [0.2, 0.25) is 0 Å². The van der Waals surface area contributed by atoms with Crippen LogP contribution in [0.1, 0.15) is 52.9 Å². The van der Waals surface area contributed by atoms with Crippen LogP contribution in [0.3, 0.4) is 0 Å². The molecule has 3 amide bonds. The third kappa shape index (κ3) is 3.75. The van der Waals surface area contributed by atoms with Gasteiger partial charge in [0.25, 0.3) is 5.91 Å². The number of thiophene rings is 1. The third-order valence-electron chi connectivity index (χ3n) is 6.73. The van der Waals surface area contributed by atoms with Crippen molar-refractivity contribution < 1.29 is 19.1 Å². The molecule has 0 N–H and O–H groups in total. The minimum absolute atomic E-state index is 0.000304. The van der Waals surface area contributed by atoms with Crippen molar-refractivity contribution in [1.82, 2.24) is 9.80 Å². The van der Waals surface area contributed by atoms with Crippen LogP contribution in [0.5, 0.6) is 0 Å². The van der Waals surface area contributed by atoms with Crippen molar-refractivity contribution in [3.63, 3.8) is 0 Å². The van der Waals surface area contributed by atoms with E-state index in [4.69, 9.17) is 4.74 Å². The van der Waals surface area contributed by atoms with E-state index in [0.717, 1.165) is 47.7 Å². The summed E-state index contributed by atoms with van der Waals surface area (Å²) < 4.78 is 5.53. The predicted octanol–water partition coefficient (Wildman–Crippen LogP) is 2.28. The van der Waals surface area contributed by atoms with E-state index in [1.807, 2.05) is 9.80 Å². The van der Waals surface area contributed by atoms with Gasteiger partial charge in [0.05, 0.1) is 12.1 Å². The number of carbonyl (C=O) groups excluding carboxylic acids is 3. The zero-order valence-electron chi connectivity index (χ0n) is 17.5. The Bertz CT molecular complexity index is 872. The topological polar surface area (TPSA) is 70.2 Å². The van der Waals surface area contributed by atoms with Gasteiger partial charge in [-0.05, 0) is 49.5 Å². The summed E-state index contributed by atoms with van der Waals surface area (Å²) in [6.07, 6.45) is 5.60. The fraction of sp³-hybridized carbons (Fsp3) is 0.682. The van der Waals surface area contributed by atoms with Gasteiger partial charge >= 0.3 is 0 Å². The summed E-state index contributed by atoms with van der Waals surface area (Å²) in [6.45, 7) is 3.50. The van der Waals surface area contributed by atoms with Gasteiger partial charge in [0.15, 0.2) is 0 Å². The van der Waals surface area contributed by atoms with Crippen molar-refractivity contribution in [3.05, 3.63) is 16.0 Å². The largest absolute Gasteiger partial charge is 0.381 e. The first-order valence-corrected chi connectivity index (χ1v) is 11.9. The molecule has 4 heterocycles. The smallest absolute Gasteiger partial charge is 0.257 e. The van der Waals surface area contributed by atoms with Crippen molar-refractivity contribution in [2.75, 3.05) is 44.8 Å². The Labute approximate surface area is 180 Å². The van der Waals surface area contributed by atoms with Crippen molar-refractivity contribution in [2.24, 2.45) is 11.8 Å². The lowest BCUT2D eigenvalue weighted by Crippen LogP contribution is -2.39. The first kappa shape index (κ1) is 20.0. The molecule has 3 aliphatic heterocycles. The van der Waals surface area contributed by atoms with Gasteiger partial charge in [-0.1, -0.05) is 0 Å². The van der Waals surface area contributed by atoms with Crippen molar-refractivity contribution in [2.45, 2.75) is 45.1 Å². The maximum atomic E-state index is 13.1. The fourth-order valence-corrected chi connectivity index (χ4v) is 6.14.